The second-order valence-electron chi connectivity index (χ2n) is 5.95. The molecule has 25 heavy (non-hydrogen) atoms. The van der Waals surface area contributed by atoms with Crippen molar-refractivity contribution in [3.63, 3.8) is 0 Å². The van der Waals surface area contributed by atoms with Gasteiger partial charge in [0.2, 0.25) is 0 Å². The van der Waals surface area contributed by atoms with E-state index in [2.05, 4.69) is 5.32 Å². The van der Waals surface area contributed by atoms with Crippen molar-refractivity contribution in [3.05, 3.63) is 59.9 Å². The second-order valence-corrected chi connectivity index (χ2v) is 5.95. The Morgan fingerprint density at radius 1 is 1.16 bits per heavy atom. The Bertz CT molecular complexity index is 688. The Balaban J connectivity index is 1.85. The molecule has 1 N–H and O–H groups in total. The number of hydrogen-bond donors (Lipinski definition) is 1. The Morgan fingerprint density at radius 2 is 1.84 bits per heavy atom. The van der Waals surface area contributed by atoms with Crippen molar-refractivity contribution in [2.45, 2.75) is 39.3 Å². The van der Waals surface area contributed by atoms with Crippen LogP contribution < -0.4 is 14.8 Å². The third kappa shape index (κ3) is 5.78. The molecule has 0 aliphatic rings. The summed E-state index contributed by atoms with van der Waals surface area (Å²) in [7, 11) is 0. The van der Waals surface area contributed by atoms with Crippen molar-refractivity contribution in [1.29, 1.82) is 0 Å². The van der Waals surface area contributed by atoms with Gasteiger partial charge in [-0.3, -0.25) is 4.79 Å². The summed E-state index contributed by atoms with van der Waals surface area (Å²) in [6, 6.07) is 13.2. The molecule has 2 aromatic carbocycles. The first kappa shape index (κ1) is 18.8. The molecule has 0 aromatic heterocycles. The van der Waals surface area contributed by atoms with E-state index in [1.165, 1.54) is 24.3 Å². The standard InChI is InChI=1S/C20H24FNO3/c1-4-18(25-17-11-9-16(21)10-12-17)20(23)22-15(3)13-24-19-8-6-5-7-14(19)2/h5-12,15,18H,4,13H2,1-3H3,(H,22,23). The average Bonchev–Trinajstić information content (AvgIpc) is 2.60. The summed E-state index contributed by atoms with van der Waals surface area (Å²) in [5.74, 6) is 0.713. The van der Waals surface area contributed by atoms with Crippen molar-refractivity contribution >= 4 is 5.91 Å². The highest BCUT2D eigenvalue weighted by Gasteiger charge is 2.20. The predicted molar refractivity (Wildman–Crippen MR) is 95.4 cm³/mol. The number of para-hydroxylation sites is 1. The van der Waals surface area contributed by atoms with Crippen LogP contribution in [0.4, 0.5) is 4.39 Å². The van der Waals surface area contributed by atoms with Gasteiger partial charge in [0.05, 0.1) is 6.04 Å². The molecule has 1 amide bonds. The monoisotopic (exact) mass is 345 g/mol. The van der Waals surface area contributed by atoms with Crippen molar-refractivity contribution in [2.24, 2.45) is 0 Å². The molecule has 2 unspecified atom stereocenters. The zero-order chi connectivity index (χ0) is 18.2. The van der Waals surface area contributed by atoms with Gasteiger partial charge >= 0.3 is 0 Å². The summed E-state index contributed by atoms with van der Waals surface area (Å²) in [4.78, 5) is 12.4. The van der Waals surface area contributed by atoms with E-state index in [4.69, 9.17) is 9.47 Å². The van der Waals surface area contributed by atoms with Crippen LogP contribution in [-0.4, -0.2) is 24.7 Å². The molecule has 0 saturated heterocycles. The first-order valence-corrected chi connectivity index (χ1v) is 8.40. The largest absolute Gasteiger partial charge is 0.491 e. The number of rotatable bonds is 8. The van der Waals surface area contributed by atoms with Crippen LogP contribution in [0.3, 0.4) is 0 Å². The highest BCUT2D eigenvalue weighted by molar-refractivity contribution is 5.81. The smallest absolute Gasteiger partial charge is 0.261 e. The zero-order valence-corrected chi connectivity index (χ0v) is 14.8. The molecule has 0 heterocycles. The van der Waals surface area contributed by atoms with Crippen LogP contribution >= 0.6 is 0 Å². The number of aryl methyl sites for hydroxylation is 1. The molecule has 0 aliphatic heterocycles. The molecule has 5 heteroatoms. The molecule has 0 saturated carbocycles. The number of halogens is 1. The predicted octanol–water partition coefficient (Wildman–Crippen LogP) is 3.88. The summed E-state index contributed by atoms with van der Waals surface area (Å²) in [5, 5.41) is 2.89. The first-order valence-electron chi connectivity index (χ1n) is 8.40. The lowest BCUT2D eigenvalue weighted by Gasteiger charge is -2.21. The molecule has 134 valence electrons. The van der Waals surface area contributed by atoms with Gasteiger partial charge < -0.3 is 14.8 Å². The first-order chi connectivity index (χ1) is 12.0. The Kier molecular flexibility index (Phi) is 6.81. The number of carbonyl (C=O) groups excluding carboxylic acids is 1. The van der Waals surface area contributed by atoms with Crippen LogP contribution in [0.15, 0.2) is 48.5 Å². The van der Waals surface area contributed by atoms with Gasteiger partial charge in [-0.2, -0.15) is 0 Å². The fraction of sp³-hybridized carbons (Fsp3) is 0.350. The van der Waals surface area contributed by atoms with Gasteiger partial charge in [-0.15, -0.1) is 0 Å². The summed E-state index contributed by atoms with van der Waals surface area (Å²) in [5.41, 5.74) is 1.05. The molecule has 2 atom stereocenters. The number of carbonyl (C=O) groups is 1. The molecule has 0 fully saturated rings. The van der Waals surface area contributed by atoms with Gasteiger partial charge in [0.15, 0.2) is 6.10 Å². The summed E-state index contributed by atoms with van der Waals surface area (Å²) >= 11 is 0. The molecule has 4 nitrogen and oxygen atoms in total. The maximum Gasteiger partial charge on any atom is 0.261 e. The third-order valence-corrected chi connectivity index (χ3v) is 3.73. The van der Waals surface area contributed by atoms with E-state index in [1.807, 2.05) is 45.0 Å². The van der Waals surface area contributed by atoms with Crippen LogP contribution in [0.25, 0.3) is 0 Å². The van der Waals surface area contributed by atoms with E-state index in [9.17, 15) is 9.18 Å². The number of nitrogens with one attached hydrogen (secondary N) is 1. The molecule has 0 spiro atoms. The fourth-order valence-electron chi connectivity index (χ4n) is 2.31. The number of ether oxygens (including phenoxy) is 2. The average molecular weight is 345 g/mol. The lowest BCUT2D eigenvalue weighted by molar-refractivity contribution is -0.128. The van der Waals surface area contributed by atoms with E-state index < -0.39 is 6.10 Å². The SMILES string of the molecule is CCC(Oc1ccc(F)cc1)C(=O)NC(C)COc1ccccc1C. The molecule has 0 aliphatic carbocycles. The van der Waals surface area contributed by atoms with Crippen molar-refractivity contribution < 1.29 is 18.7 Å². The molecule has 2 aromatic rings. The Hall–Kier alpha value is -2.56. The third-order valence-electron chi connectivity index (χ3n) is 3.73. The highest BCUT2D eigenvalue weighted by atomic mass is 19.1. The second kappa shape index (κ2) is 9.06. The Labute approximate surface area is 148 Å². The van der Waals surface area contributed by atoms with E-state index >= 15 is 0 Å². The van der Waals surface area contributed by atoms with Gasteiger partial charge in [-0.25, -0.2) is 4.39 Å². The van der Waals surface area contributed by atoms with Gasteiger partial charge in [0.1, 0.15) is 23.9 Å². The van der Waals surface area contributed by atoms with Crippen LogP contribution in [0.2, 0.25) is 0 Å². The van der Waals surface area contributed by atoms with Crippen LogP contribution in [0, 0.1) is 12.7 Å². The van der Waals surface area contributed by atoms with Crippen molar-refractivity contribution in [1.82, 2.24) is 5.32 Å². The molecule has 2 rings (SSSR count). The minimum atomic E-state index is -0.633. The van der Waals surface area contributed by atoms with Crippen molar-refractivity contribution in [2.75, 3.05) is 6.61 Å². The molecular formula is C20H24FNO3. The maximum atomic E-state index is 12.9. The van der Waals surface area contributed by atoms with Gasteiger partial charge in [0.25, 0.3) is 5.91 Å². The maximum absolute atomic E-state index is 12.9. The van der Waals surface area contributed by atoms with Crippen LogP contribution in [0.5, 0.6) is 11.5 Å². The highest BCUT2D eigenvalue weighted by Crippen LogP contribution is 2.17. The van der Waals surface area contributed by atoms with Crippen LogP contribution in [-0.2, 0) is 4.79 Å². The molecule has 0 radical (unpaired) electrons. The van der Waals surface area contributed by atoms with E-state index in [0.717, 1.165) is 11.3 Å². The quantitative estimate of drug-likeness (QED) is 0.790. The minimum absolute atomic E-state index is 0.169. The van der Waals surface area contributed by atoms with Gasteiger partial charge in [-0.05, 0) is 56.2 Å². The zero-order valence-electron chi connectivity index (χ0n) is 14.8. The van der Waals surface area contributed by atoms with Gasteiger partial charge in [-0.1, -0.05) is 25.1 Å². The fourth-order valence-corrected chi connectivity index (χ4v) is 2.31. The summed E-state index contributed by atoms with van der Waals surface area (Å²) in [6.07, 6.45) is -0.124. The van der Waals surface area contributed by atoms with E-state index in [1.54, 1.807) is 0 Å². The summed E-state index contributed by atoms with van der Waals surface area (Å²) in [6.45, 7) is 6.08. The topological polar surface area (TPSA) is 47.6 Å². The normalized spacial score (nSPS) is 13.0. The molecule has 0 bridgehead atoms. The number of benzene rings is 2. The van der Waals surface area contributed by atoms with E-state index in [-0.39, 0.29) is 17.8 Å². The number of amides is 1. The lowest BCUT2D eigenvalue weighted by atomic mass is 10.2. The van der Waals surface area contributed by atoms with Gasteiger partial charge in [0, 0.05) is 0 Å². The lowest BCUT2D eigenvalue weighted by Crippen LogP contribution is -2.44. The molecular weight excluding hydrogens is 321 g/mol. The van der Waals surface area contributed by atoms with Crippen LogP contribution in [0.1, 0.15) is 25.8 Å². The number of hydrogen-bond acceptors (Lipinski definition) is 3. The summed E-state index contributed by atoms with van der Waals surface area (Å²) < 4.78 is 24.3. The van der Waals surface area contributed by atoms with E-state index in [0.29, 0.717) is 18.8 Å². The van der Waals surface area contributed by atoms with Crippen molar-refractivity contribution in [3.8, 4) is 11.5 Å². The minimum Gasteiger partial charge on any atom is -0.491 e. The Morgan fingerprint density at radius 3 is 2.48 bits per heavy atom.